The smallest absolute Gasteiger partial charge is 0.312 e. The van der Waals surface area contributed by atoms with E-state index >= 15 is 0 Å². The molecular weight excluding hydrogens is 244 g/mol. The van der Waals surface area contributed by atoms with Crippen LogP contribution in [0.2, 0.25) is 0 Å². The van der Waals surface area contributed by atoms with Gasteiger partial charge in [-0.2, -0.15) is 0 Å². The fourth-order valence-corrected chi connectivity index (χ4v) is 2.62. The van der Waals surface area contributed by atoms with E-state index in [1.807, 2.05) is 20.8 Å². The number of hydrogen-bond donors (Lipinski definition) is 0. The van der Waals surface area contributed by atoms with E-state index in [4.69, 9.17) is 9.47 Å². The van der Waals surface area contributed by atoms with Crippen molar-refractivity contribution in [2.75, 3.05) is 13.2 Å². The highest BCUT2D eigenvalue weighted by molar-refractivity contribution is 5.85. The van der Waals surface area contributed by atoms with Gasteiger partial charge in [0.1, 0.15) is 0 Å². The van der Waals surface area contributed by atoms with Gasteiger partial charge in [0.15, 0.2) is 0 Å². The number of ether oxygens (including phenoxy) is 2. The third-order valence-electron chi connectivity index (χ3n) is 3.84. The molecule has 0 amide bonds. The Hall–Kier alpha value is -1.06. The highest BCUT2D eigenvalue weighted by atomic mass is 16.5. The van der Waals surface area contributed by atoms with E-state index in [1.165, 1.54) is 0 Å². The summed E-state index contributed by atoms with van der Waals surface area (Å²) < 4.78 is 10.5. The molecule has 0 heterocycles. The van der Waals surface area contributed by atoms with Crippen LogP contribution >= 0.6 is 0 Å². The minimum absolute atomic E-state index is 0.238. The number of carbonyl (C=O) groups is 2. The van der Waals surface area contributed by atoms with Crippen LogP contribution in [-0.4, -0.2) is 25.2 Å². The van der Waals surface area contributed by atoms with Crippen LogP contribution in [0.15, 0.2) is 0 Å². The lowest BCUT2D eigenvalue weighted by Gasteiger charge is -2.37. The van der Waals surface area contributed by atoms with Crippen LogP contribution in [0.3, 0.4) is 0 Å². The lowest BCUT2D eigenvalue weighted by molar-refractivity contribution is -0.171. The number of carbonyl (C=O) groups excluding carboxylic acids is 2. The lowest BCUT2D eigenvalue weighted by Crippen LogP contribution is -2.44. The summed E-state index contributed by atoms with van der Waals surface area (Å²) in [5.74, 6) is -0.831. The topological polar surface area (TPSA) is 52.6 Å². The van der Waals surface area contributed by atoms with Gasteiger partial charge >= 0.3 is 11.9 Å². The normalized spacial score (nSPS) is 26.8. The molecule has 0 spiro atoms. The summed E-state index contributed by atoms with van der Waals surface area (Å²) in [6.07, 6.45) is 4.97. The standard InChI is InChI=1S/C15H26O4/c1-4-10-18-13(16)12-8-6-7-9-15(12,3)14(17)19-11-5-2/h12H,4-11H2,1-3H3. The predicted molar refractivity (Wildman–Crippen MR) is 72.6 cm³/mol. The summed E-state index contributed by atoms with van der Waals surface area (Å²) in [7, 11) is 0. The van der Waals surface area contributed by atoms with Crippen molar-refractivity contribution < 1.29 is 19.1 Å². The Morgan fingerprint density at radius 3 is 2.37 bits per heavy atom. The van der Waals surface area contributed by atoms with Gasteiger partial charge in [0, 0.05) is 0 Å². The highest BCUT2D eigenvalue weighted by Crippen LogP contribution is 2.42. The summed E-state index contributed by atoms with van der Waals surface area (Å²) in [5, 5.41) is 0. The molecule has 0 aromatic rings. The molecule has 1 rings (SSSR count). The highest BCUT2D eigenvalue weighted by Gasteiger charge is 2.48. The van der Waals surface area contributed by atoms with Crippen LogP contribution in [-0.2, 0) is 19.1 Å². The van der Waals surface area contributed by atoms with Crippen molar-refractivity contribution in [1.82, 2.24) is 0 Å². The molecule has 0 bridgehead atoms. The number of hydrogen-bond acceptors (Lipinski definition) is 4. The molecule has 1 saturated carbocycles. The van der Waals surface area contributed by atoms with Crippen LogP contribution in [0.1, 0.15) is 59.3 Å². The third kappa shape index (κ3) is 3.95. The summed E-state index contributed by atoms with van der Waals surface area (Å²) in [6, 6.07) is 0. The largest absolute Gasteiger partial charge is 0.465 e. The van der Waals surface area contributed by atoms with Gasteiger partial charge in [-0.3, -0.25) is 9.59 Å². The first-order valence-electron chi connectivity index (χ1n) is 7.40. The Labute approximate surface area is 115 Å². The zero-order chi connectivity index (χ0) is 14.3. The Bertz CT molecular complexity index is 313. The molecule has 1 fully saturated rings. The van der Waals surface area contributed by atoms with Gasteiger partial charge in [0.25, 0.3) is 0 Å². The molecule has 2 unspecified atom stereocenters. The summed E-state index contributed by atoms with van der Waals surface area (Å²) in [6.45, 7) is 6.62. The van der Waals surface area contributed by atoms with Gasteiger partial charge in [-0.1, -0.05) is 26.7 Å². The van der Waals surface area contributed by atoms with Crippen molar-refractivity contribution in [3.63, 3.8) is 0 Å². The molecule has 19 heavy (non-hydrogen) atoms. The maximum absolute atomic E-state index is 12.2. The van der Waals surface area contributed by atoms with Crippen LogP contribution in [0, 0.1) is 11.3 Å². The van der Waals surface area contributed by atoms with E-state index in [0.29, 0.717) is 19.6 Å². The zero-order valence-electron chi connectivity index (χ0n) is 12.4. The van der Waals surface area contributed by atoms with E-state index in [1.54, 1.807) is 0 Å². The van der Waals surface area contributed by atoms with Gasteiger partial charge in [-0.05, 0) is 32.6 Å². The number of rotatable bonds is 6. The van der Waals surface area contributed by atoms with Gasteiger partial charge in [-0.15, -0.1) is 0 Å². The van der Waals surface area contributed by atoms with Gasteiger partial charge < -0.3 is 9.47 Å². The van der Waals surface area contributed by atoms with Crippen LogP contribution in [0.5, 0.6) is 0 Å². The second-order valence-electron chi connectivity index (χ2n) is 5.52. The molecule has 4 heteroatoms. The van der Waals surface area contributed by atoms with E-state index < -0.39 is 5.41 Å². The molecule has 0 aromatic carbocycles. The van der Waals surface area contributed by atoms with E-state index in [9.17, 15) is 9.59 Å². The quantitative estimate of drug-likeness (QED) is 0.696. The maximum atomic E-state index is 12.2. The Morgan fingerprint density at radius 1 is 1.11 bits per heavy atom. The van der Waals surface area contributed by atoms with Crippen molar-refractivity contribution in [3.8, 4) is 0 Å². The average molecular weight is 270 g/mol. The van der Waals surface area contributed by atoms with Crippen molar-refractivity contribution >= 4 is 11.9 Å². The van der Waals surface area contributed by atoms with Crippen LogP contribution in [0.25, 0.3) is 0 Å². The average Bonchev–Trinajstić information content (AvgIpc) is 2.42. The van der Waals surface area contributed by atoms with Crippen molar-refractivity contribution in [1.29, 1.82) is 0 Å². The van der Waals surface area contributed by atoms with E-state index in [2.05, 4.69) is 0 Å². The fraction of sp³-hybridized carbons (Fsp3) is 0.867. The first kappa shape index (κ1) is 16.0. The SMILES string of the molecule is CCCOC(=O)C1CCCCC1(C)C(=O)OCCC. The zero-order valence-corrected chi connectivity index (χ0v) is 12.4. The Morgan fingerprint density at radius 2 is 1.74 bits per heavy atom. The van der Waals surface area contributed by atoms with Crippen molar-refractivity contribution in [2.45, 2.75) is 59.3 Å². The molecular formula is C15H26O4. The molecule has 2 atom stereocenters. The Kier molecular flexibility index (Phi) is 6.32. The lowest BCUT2D eigenvalue weighted by atomic mass is 9.67. The van der Waals surface area contributed by atoms with Gasteiger partial charge in [-0.25, -0.2) is 0 Å². The number of esters is 2. The van der Waals surface area contributed by atoms with Gasteiger partial charge in [0.2, 0.25) is 0 Å². The molecule has 0 radical (unpaired) electrons. The minimum atomic E-state index is -0.710. The molecule has 0 N–H and O–H groups in total. The Balaban J connectivity index is 2.74. The van der Waals surface area contributed by atoms with E-state index in [0.717, 1.165) is 32.1 Å². The third-order valence-corrected chi connectivity index (χ3v) is 3.84. The molecule has 0 aromatic heterocycles. The predicted octanol–water partition coefficient (Wildman–Crippen LogP) is 3.09. The minimum Gasteiger partial charge on any atom is -0.465 e. The maximum Gasteiger partial charge on any atom is 0.312 e. The molecule has 4 nitrogen and oxygen atoms in total. The summed E-state index contributed by atoms with van der Waals surface area (Å²) in [4.78, 5) is 24.4. The molecule has 0 saturated heterocycles. The summed E-state index contributed by atoms with van der Waals surface area (Å²) >= 11 is 0. The fourth-order valence-electron chi connectivity index (χ4n) is 2.62. The van der Waals surface area contributed by atoms with Gasteiger partial charge in [0.05, 0.1) is 24.5 Å². The molecule has 0 aliphatic heterocycles. The molecule has 110 valence electrons. The summed E-state index contributed by atoms with van der Waals surface area (Å²) in [5.41, 5.74) is -0.710. The second kappa shape index (κ2) is 7.51. The van der Waals surface area contributed by atoms with E-state index in [-0.39, 0.29) is 17.9 Å². The molecule has 1 aliphatic carbocycles. The monoisotopic (exact) mass is 270 g/mol. The second-order valence-corrected chi connectivity index (χ2v) is 5.52. The molecule has 1 aliphatic rings. The van der Waals surface area contributed by atoms with Crippen molar-refractivity contribution in [3.05, 3.63) is 0 Å². The van der Waals surface area contributed by atoms with Crippen molar-refractivity contribution in [2.24, 2.45) is 11.3 Å². The van der Waals surface area contributed by atoms with Crippen LogP contribution in [0.4, 0.5) is 0 Å². The first-order valence-corrected chi connectivity index (χ1v) is 7.40. The van der Waals surface area contributed by atoms with Crippen LogP contribution < -0.4 is 0 Å². The first-order chi connectivity index (χ1) is 9.06.